The first-order chi connectivity index (χ1) is 8.72. The molecule has 0 aliphatic rings. The van der Waals surface area contributed by atoms with E-state index in [9.17, 15) is 18.0 Å². The van der Waals surface area contributed by atoms with Gasteiger partial charge >= 0.3 is 5.97 Å². The molecule has 0 fully saturated rings. The minimum Gasteiger partial charge on any atom is -0.480 e. The molecule has 0 atom stereocenters. The number of carboxylic acid groups (broad SMARTS) is 1. The van der Waals surface area contributed by atoms with Crippen molar-refractivity contribution in [1.29, 1.82) is 0 Å². The SMILES string of the molecule is CN(CC(=O)O)C(=O)CS(=O)(=O)c1ccc(Cl)cc1. The summed E-state index contributed by atoms with van der Waals surface area (Å²) in [6.07, 6.45) is 0. The molecule has 0 radical (unpaired) electrons. The van der Waals surface area contributed by atoms with Crippen molar-refractivity contribution < 1.29 is 23.1 Å². The van der Waals surface area contributed by atoms with Gasteiger partial charge in [0.1, 0.15) is 12.3 Å². The number of carbonyl (C=O) groups is 2. The third kappa shape index (κ3) is 4.53. The Hall–Kier alpha value is -1.60. The Kier molecular flexibility index (Phi) is 4.90. The largest absolute Gasteiger partial charge is 0.480 e. The topological polar surface area (TPSA) is 91.8 Å². The molecule has 0 aliphatic heterocycles. The lowest BCUT2D eigenvalue weighted by Crippen LogP contribution is -2.36. The van der Waals surface area contributed by atoms with Crippen LogP contribution < -0.4 is 0 Å². The summed E-state index contributed by atoms with van der Waals surface area (Å²) in [4.78, 5) is 22.8. The number of hydrogen-bond donors (Lipinski definition) is 1. The highest BCUT2D eigenvalue weighted by Crippen LogP contribution is 2.15. The number of hydrogen-bond acceptors (Lipinski definition) is 4. The standard InChI is InChI=1S/C11H12ClNO5S/c1-13(6-11(15)16)10(14)7-19(17,18)9-4-2-8(12)3-5-9/h2-5H,6-7H2,1H3,(H,15,16). The molecule has 0 bridgehead atoms. The predicted octanol–water partition coefficient (Wildman–Crippen LogP) is 0.657. The lowest BCUT2D eigenvalue weighted by Gasteiger charge is -2.14. The average Bonchev–Trinajstić information content (AvgIpc) is 2.27. The summed E-state index contributed by atoms with van der Waals surface area (Å²) in [7, 11) is -2.57. The lowest BCUT2D eigenvalue weighted by molar-refractivity contribution is -0.142. The molecule has 1 aromatic carbocycles. The van der Waals surface area contributed by atoms with Crippen molar-refractivity contribution in [1.82, 2.24) is 4.90 Å². The molecule has 1 aromatic rings. The summed E-state index contributed by atoms with van der Waals surface area (Å²) >= 11 is 5.64. The van der Waals surface area contributed by atoms with Crippen molar-refractivity contribution in [3.63, 3.8) is 0 Å². The van der Waals surface area contributed by atoms with Crippen molar-refractivity contribution in [2.75, 3.05) is 19.3 Å². The summed E-state index contributed by atoms with van der Waals surface area (Å²) in [5, 5.41) is 8.90. The maximum Gasteiger partial charge on any atom is 0.323 e. The van der Waals surface area contributed by atoms with E-state index >= 15 is 0 Å². The average molecular weight is 306 g/mol. The van der Waals surface area contributed by atoms with Gasteiger partial charge in [-0.05, 0) is 24.3 Å². The zero-order valence-electron chi connectivity index (χ0n) is 10.0. The monoisotopic (exact) mass is 305 g/mol. The number of aliphatic carboxylic acids is 1. The van der Waals surface area contributed by atoms with E-state index in [4.69, 9.17) is 16.7 Å². The van der Waals surface area contributed by atoms with Crippen LogP contribution in [-0.4, -0.2) is 49.6 Å². The second kappa shape index (κ2) is 6.03. The molecular weight excluding hydrogens is 294 g/mol. The molecule has 0 aromatic heterocycles. The molecule has 0 saturated heterocycles. The van der Waals surface area contributed by atoms with Crippen LogP contribution in [0.2, 0.25) is 5.02 Å². The van der Waals surface area contributed by atoms with Crippen LogP contribution in [0.4, 0.5) is 0 Å². The van der Waals surface area contributed by atoms with Crippen molar-refractivity contribution in [2.24, 2.45) is 0 Å². The fourth-order valence-electron chi connectivity index (χ4n) is 1.29. The number of likely N-dealkylation sites (N-methyl/N-ethyl adjacent to an activating group) is 1. The van der Waals surface area contributed by atoms with E-state index in [1.54, 1.807) is 0 Å². The van der Waals surface area contributed by atoms with Crippen molar-refractivity contribution in [3.05, 3.63) is 29.3 Å². The van der Waals surface area contributed by atoms with Crippen LogP contribution in [0.25, 0.3) is 0 Å². The van der Waals surface area contributed by atoms with E-state index in [2.05, 4.69) is 0 Å². The van der Waals surface area contributed by atoms with Gasteiger partial charge in [0, 0.05) is 12.1 Å². The first-order valence-corrected chi connectivity index (χ1v) is 7.19. The number of rotatable bonds is 5. The van der Waals surface area contributed by atoms with Crippen LogP contribution in [0.3, 0.4) is 0 Å². The number of carboxylic acids is 1. The summed E-state index contributed by atoms with van der Waals surface area (Å²) in [6, 6.07) is 5.39. The number of nitrogens with zero attached hydrogens (tertiary/aromatic N) is 1. The van der Waals surface area contributed by atoms with E-state index < -0.39 is 34.0 Å². The molecule has 0 aliphatic carbocycles. The first-order valence-electron chi connectivity index (χ1n) is 5.16. The summed E-state index contributed by atoms with van der Waals surface area (Å²) in [6.45, 7) is -0.547. The predicted molar refractivity (Wildman–Crippen MR) is 68.8 cm³/mol. The number of sulfone groups is 1. The highest BCUT2D eigenvalue weighted by atomic mass is 35.5. The second-order valence-corrected chi connectivity index (χ2v) is 6.28. The smallest absolute Gasteiger partial charge is 0.323 e. The summed E-state index contributed by atoms with van der Waals surface area (Å²) in [5.74, 6) is -2.77. The number of carbonyl (C=O) groups excluding carboxylic acids is 1. The Morgan fingerprint density at radius 3 is 2.26 bits per heavy atom. The van der Waals surface area contributed by atoms with Crippen molar-refractivity contribution >= 4 is 33.3 Å². The van der Waals surface area contributed by atoms with Crippen LogP contribution in [0.15, 0.2) is 29.2 Å². The third-order valence-electron chi connectivity index (χ3n) is 2.28. The van der Waals surface area contributed by atoms with Crippen molar-refractivity contribution in [2.45, 2.75) is 4.90 Å². The van der Waals surface area contributed by atoms with E-state index in [1.807, 2.05) is 0 Å². The Bertz CT molecular complexity index is 582. The third-order valence-corrected chi connectivity index (χ3v) is 4.15. The molecule has 1 amide bonds. The van der Waals surface area contributed by atoms with Crippen LogP contribution in [0.1, 0.15) is 0 Å². The molecule has 104 valence electrons. The Labute approximate surface area is 115 Å². The second-order valence-electron chi connectivity index (χ2n) is 3.86. The molecule has 0 unspecified atom stereocenters. The van der Waals surface area contributed by atoms with Gasteiger partial charge in [-0.1, -0.05) is 11.6 Å². The van der Waals surface area contributed by atoms with E-state index in [-0.39, 0.29) is 4.90 Å². The van der Waals surface area contributed by atoms with Gasteiger partial charge in [-0.2, -0.15) is 0 Å². The van der Waals surface area contributed by atoms with E-state index in [0.717, 1.165) is 4.90 Å². The number of benzene rings is 1. The van der Waals surface area contributed by atoms with Gasteiger partial charge in [0.15, 0.2) is 9.84 Å². The number of amides is 1. The molecule has 1 N–H and O–H groups in total. The van der Waals surface area contributed by atoms with Gasteiger partial charge in [0.2, 0.25) is 5.91 Å². The molecule has 1 rings (SSSR count). The van der Waals surface area contributed by atoms with Gasteiger partial charge in [0.25, 0.3) is 0 Å². The van der Waals surface area contributed by atoms with E-state index in [0.29, 0.717) is 5.02 Å². The fraction of sp³-hybridized carbons (Fsp3) is 0.273. The molecule has 19 heavy (non-hydrogen) atoms. The number of halogens is 1. The zero-order valence-corrected chi connectivity index (χ0v) is 11.6. The minimum atomic E-state index is -3.80. The highest BCUT2D eigenvalue weighted by Gasteiger charge is 2.22. The van der Waals surface area contributed by atoms with Gasteiger partial charge in [-0.3, -0.25) is 9.59 Å². The Balaban J connectivity index is 2.83. The minimum absolute atomic E-state index is 0.0334. The quantitative estimate of drug-likeness (QED) is 0.862. The summed E-state index contributed by atoms with van der Waals surface area (Å²) < 4.78 is 23.8. The van der Waals surface area contributed by atoms with Gasteiger partial charge in [0.05, 0.1) is 4.90 Å². The first kappa shape index (κ1) is 15.5. The normalized spacial score (nSPS) is 11.1. The van der Waals surface area contributed by atoms with Crippen LogP contribution in [0.5, 0.6) is 0 Å². The van der Waals surface area contributed by atoms with E-state index in [1.165, 1.54) is 31.3 Å². The molecule has 0 spiro atoms. The highest BCUT2D eigenvalue weighted by molar-refractivity contribution is 7.92. The zero-order chi connectivity index (χ0) is 14.6. The van der Waals surface area contributed by atoms with Gasteiger partial charge < -0.3 is 10.0 Å². The fourth-order valence-corrected chi connectivity index (χ4v) is 2.68. The van der Waals surface area contributed by atoms with Gasteiger partial charge in [-0.15, -0.1) is 0 Å². The lowest BCUT2D eigenvalue weighted by atomic mass is 10.4. The summed E-state index contributed by atoms with van der Waals surface area (Å²) in [5.41, 5.74) is 0. The maximum absolute atomic E-state index is 11.9. The van der Waals surface area contributed by atoms with Gasteiger partial charge in [-0.25, -0.2) is 8.42 Å². The molecule has 0 saturated carbocycles. The Morgan fingerprint density at radius 1 is 1.26 bits per heavy atom. The molecule has 6 nitrogen and oxygen atoms in total. The van der Waals surface area contributed by atoms with Crippen LogP contribution in [0, 0.1) is 0 Å². The maximum atomic E-state index is 11.9. The molecule has 8 heteroatoms. The molecular formula is C11H12ClNO5S. The molecule has 0 heterocycles. The Morgan fingerprint density at radius 2 is 1.79 bits per heavy atom. The van der Waals surface area contributed by atoms with Crippen molar-refractivity contribution in [3.8, 4) is 0 Å². The van der Waals surface area contributed by atoms with Crippen LogP contribution >= 0.6 is 11.6 Å². The van der Waals surface area contributed by atoms with Crippen LogP contribution in [-0.2, 0) is 19.4 Å².